The first kappa shape index (κ1) is 24.6. The molecule has 0 saturated carbocycles. The van der Waals surface area contributed by atoms with Crippen molar-refractivity contribution in [3.8, 4) is 0 Å². The van der Waals surface area contributed by atoms with Crippen molar-refractivity contribution < 1.29 is 0 Å². The minimum atomic E-state index is -0.360. The molecule has 9 rings (SSSR count). The van der Waals surface area contributed by atoms with Gasteiger partial charge >= 0.3 is 0 Å². The largest absolute Gasteiger partial charge is 0.374 e. The number of anilines is 2. The molecular weight excluding hydrogens is 542 g/mol. The molecule has 0 saturated heterocycles. The Hall–Kier alpha value is -5.95. The molecule has 44 heavy (non-hydrogen) atoms. The summed E-state index contributed by atoms with van der Waals surface area (Å²) >= 11 is 0. The van der Waals surface area contributed by atoms with Crippen molar-refractivity contribution in [2.24, 2.45) is 15.0 Å². The van der Waals surface area contributed by atoms with Gasteiger partial charge in [-0.2, -0.15) is 0 Å². The van der Waals surface area contributed by atoms with Gasteiger partial charge in [0.2, 0.25) is 0 Å². The predicted molar refractivity (Wildman–Crippen MR) is 179 cm³/mol. The molecule has 5 aromatic carbocycles. The maximum Gasteiger partial charge on any atom is 0.145 e. The topological polar surface area (TPSA) is 80.2 Å². The van der Waals surface area contributed by atoms with E-state index in [4.69, 9.17) is 15.0 Å². The van der Waals surface area contributed by atoms with Crippen LogP contribution in [-0.4, -0.2) is 33.4 Å². The zero-order valence-electron chi connectivity index (χ0n) is 23.6. The number of aliphatic imine (C=N–C) groups is 3. The van der Waals surface area contributed by atoms with Crippen LogP contribution in [0.3, 0.4) is 0 Å². The van der Waals surface area contributed by atoms with Gasteiger partial charge in [-0.1, -0.05) is 84.9 Å². The first-order valence-electron chi connectivity index (χ1n) is 14.8. The van der Waals surface area contributed by atoms with Crippen molar-refractivity contribution in [1.29, 1.82) is 0 Å². The average Bonchev–Trinajstić information content (AvgIpc) is 3.26. The van der Waals surface area contributed by atoms with E-state index < -0.39 is 0 Å². The Kier molecular flexibility index (Phi) is 5.49. The first-order valence-corrected chi connectivity index (χ1v) is 14.8. The van der Waals surface area contributed by atoms with Gasteiger partial charge in [-0.3, -0.25) is 4.90 Å². The molecule has 0 bridgehead atoms. The third-order valence-electron chi connectivity index (χ3n) is 8.54. The van der Waals surface area contributed by atoms with E-state index in [1.165, 1.54) is 0 Å². The molecule has 0 amide bonds. The molecule has 0 fully saturated rings. The van der Waals surface area contributed by atoms with Crippen LogP contribution in [-0.2, 0) is 0 Å². The van der Waals surface area contributed by atoms with E-state index in [-0.39, 0.29) is 12.1 Å². The summed E-state index contributed by atoms with van der Waals surface area (Å²) in [7, 11) is 0. The van der Waals surface area contributed by atoms with E-state index in [0.29, 0.717) is 0 Å². The molecule has 4 heterocycles. The summed E-state index contributed by atoms with van der Waals surface area (Å²) in [4.78, 5) is 21.9. The highest BCUT2D eigenvalue weighted by Crippen LogP contribution is 2.43. The molecular formula is C37H27N7. The van der Waals surface area contributed by atoms with E-state index in [0.717, 1.165) is 73.5 Å². The van der Waals surface area contributed by atoms with E-state index >= 15 is 0 Å². The van der Waals surface area contributed by atoms with E-state index in [1.807, 2.05) is 42.5 Å². The average molecular weight is 570 g/mol. The van der Waals surface area contributed by atoms with Crippen molar-refractivity contribution in [2.75, 3.05) is 10.6 Å². The Morgan fingerprint density at radius 2 is 1.23 bits per heavy atom. The summed E-state index contributed by atoms with van der Waals surface area (Å²) < 4.78 is 0. The highest BCUT2D eigenvalue weighted by molar-refractivity contribution is 6.23. The van der Waals surface area contributed by atoms with Crippen LogP contribution >= 0.6 is 0 Å². The summed E-state index contributed by atoms with van der Waals surface area (Å²) in [6, 6.07) is 42.9. The SMILES string of the molecule is c1ccc(C2=Nc3ccccc3N=C3c4ccccc4N=C4Nc5ccccc5NC(c5c[nH]c6ccccc56)C4N23)cc1. The van der Waals surface area contributed by atoms with Gasteiger partial charge in [0.15, 0.2) is 0 Å². The van der Waals surface area contributed by atoms with E-state index in [9.17, 15) is 0 Å². The van der Waals surface area contributed by atoms with Gasteiger partial charge in [0.25, 0.3) is 0 Å². The van der Waals surface area contributed by atoms with Gasteiger partial charge in [-0.05, 0) is 42.5 Å². The second kappa shape index (κ2) is 9.81. The molecule has 6 aromatic rings. The van der Waals surface area contributed by atoms with Crippen molar-refractivity contribution in [3.05, 3.63) is 150 Å². The van der Waals surface area contributed by atoms with E-state index in [2.05, 4.69) is 112 Å². The van der Waals surface area contributed by atoms with Crippen molar-refractivity contribution in [1.82, 2.24) is 9.88 Å². The van der Waals surface area contributed by atoms with Crippen LogP contribution in [0.2, 0.25) is 0 Å². The second-order valence-corrected chi connectivity index (χ2v) is 11.1. The fourth-order valence-electron chi connectivity index (χ4n) is 6.52. The van der Waals surface area contributed by atoms with Gasteiger partial charge in [-0.25, -0.2) is 15.0 Å². The van der Waals surface area contributed by atoms with Crippen molar-refractivity contribution >= 4 is 56.8 Å². The van der Waals surface area contributed by atoms with Gasteiger partial charge in [0.1, 0.15) is 23.5 Å². The molecule has 3 N–H and O–H groups in total. The maximum absolute atomic E-state index is 5.38. The maximum atomic E-state index is 5.38. The third kappa shape index (κ3) is 3.86. The van der Waals surface area contributed by atoms with Gasteiger partial charge in [0, 0.05) is 33.8 Å². The third-order valence-corrected chi connectivity index (χ3v) is 8.54. The fourth-order valence-corrected chi connectivity index (χ4v) is 6.52. The van der Waals surface area contributed by atoms with Crippen LogP contribution in [0.5, 0.6) is 0 Å². The Labute approximate surface area is 254 Å². The number of aromatic nitrogens is 1. The molecule has 2 unspecified atom stereocenters. The molecule has 3 aliphatic heterocycles. The number of hydrogen-bond donors (Lipinski definition) is 3. The lowest BCUT2D eigenvalue weighted by atomic mass is 9.95. The second-order valence-electron chi connectivity index (χ2n) is 11.1. The summed E-state index contributed by atoms with van der Waals surface area (Å²) in [5.74, 6) is 2.42. The molecule has 2 atom stereocenters. The van der Waals surface area contributed by atoms with Gasteiger partial charge < -0.3 is 15.6 Å². The summed E-state index contributed by atoms with van der Waals surface area (Å²) in [5, 5.41) is 8.85. The molecule has 1 aromatic heterocycles. The Balaban J connectivity index is 1.39. The molecule has 3 aliphatic rings. The zero-order chi connectivity index (χ0) is 29.0. The number of H-pyrrole nitrogens is 1. The van der Waals surface area contributed by atoms with Crippen LogP contribution < -0.4 is 10.6 Å². The van der Waals surface area contributed by atoms with Crippen LogP contribution in [0.1, 0.15) is 22.7 Å². The Bertz CT molecular complexity index is 2160. The minimum Gasteiger partial charge on any atom is -0.374 e. The van der Waals surface area contributed by atoms with Crippen molar-refractivity contribution in [3.63, 3.8) is 0 Å². The Morgan fingerprint density at radius 1 is 0.568 bits per heavy atom. The number of aromatic amines is 1. The predicted octanol–water partition coefficient (Wildman–Crippen LogP) is 8.33. The van der Waals surface area contributed by atoms with Crippen LogP contribution in [0.4, 0.5) is 28.4 Å². The number of para-hydroxylation sites is 6. The fraction of sp³-hybridized carbons (Fsp3) is 0.0541. The van der Waals surface area contributed by atoms with Crippen molar-refractivity contribution in [2.45, 2.75) is 12.1 Å². The van der Waals surface area contributed by atoms with E-state index in [1.54, 1.807) is 0 Å². The lowest BCUT2D eigenvalue weighted by Gasteiger charge is -2.37. The highest BCUT2D eigenvalue weighted by Gasteiger charge is 2.44. The minimum absolute atomic E-state index is 0.240. The smallest absolute Gasteiger partial charge is 0.145 e. The lowest BCUT2D eigenvalue weighted by Crippen LogP contribution is -2.53. The van der Waals surface area contributed by atoms with Gasteiger partial charge in [0.05, 0.1) is 34.5 Å². The first-order chi connectivity index (χ1) is 21.8. The number of benzene rings is 5. The number of hydrogen-bond acceptors (Lipinski definition) is 6. The summed E-state index contributed by atoms with van der Waals surface area (Å²) in [6.45, 7) is 0. The number of nitrogens with zero attached hydrogens (tertiary/aromatic N) is 4. The molecule has 7 heteroatoms. The number of amidine groups is 3. The number of nitrogens with one attached hydrogen (secondary N) is 3. The molecule has 0 radical (unpaired) electrons. The van der Waals surface area contributed by atoms with Gasteiger partial charge in [-0.15, -0.1) is 0 Å². The quantitative estimate of drug-likeness (QED) is 0.196. The number of fused-ring (bicyclic) bond motifs is 8. The molecule has 0 aliphatic carbocycles. The lowest BCUT2D eigenvalue weighted by molar-refractivity contribution is 0.484. The molecule has 0 spiro atoms. The standard InChI is InChI=1S/C37H27N7/c1-2-12-23(13-3-1)36-42-31-20-10-11-21-32(31)43-37-25-15-5-7-17-28(25)40-35-34(44(36)37)33(39-29-18-8-9-19-30(29)41-35)26-22-38-27-16-6-4-14-24(26)27/h1-22,33-34,38-39H,(H,40,41). The summed E-state index contributed by atoms with van der Waals surface area (Å²) in [6.07, 6.45) is 2.12. The van der Waals surface area contributed by atoms with Crippen LogP contribution in [0.25, 0.3) is 10.9 Å². The normalized spacial score (nSPS) is 18.3. The number of rotatable bonds is 2. The zero-order valence-corrected chi connectivity index (χ0v) is 23.6. The monoisotopic (exact) mass is 569 g/mol. The molecule has 7 nitrogen and oxygen atoms in total. The van der Waals surface area contributed by atoms with Crippen LogP contribution in [0.15, 0.2) is 149 Å². The van der Waals surface area contributed by atoms with Crippen LogP contribution in [0, 0.1) is 0 Å². The Morgan fingerprint density at radius 3 is 2.07 bits per heavy atom. The highest BCUT2D eigenvalue weighted by atomic mass is 15.3. The molecule has 210 valence electrons. The summed E-state index contributed by atoms with van der Waals surface area (Å²) in [5.41, 5.74) is 8.62.